The van der Waals surface area contributed by atoms with Gasteiger partial charge in [0.2, 0.25) is 5.91 Å². The predicted molar refractivity (Wildman–Crippen MR) is 131 cm³/mol. The van der Waals surface area contributed by atoms with Gasteiger partial charge in [0.1, 0.15) is 0 Å². The van der Waals surface area contributed by atoms with Crippen LogP contribution in [-0.4, -0.2) is 57.6 Å². The summed E-state index contributed by atoms with van der Waals surface area (Å²) in [7, 11) is 0. The number of aromatic nitrogens is 2. The number of para-hydroxylation sites is 1. The standard InChI is InChI=1S/C27H30N4O3/c32-25(29-16-8-1-2-9-17-29)20-14-18-30(19-15-20)27(34)24-22-12-6-7-13-23(22)26(33)31(28-24)21-10-4-3-5-11-21/h3-7,10-13,20H,1-2,8-9,14-19H2. The van der Waals surface area contributed by atoms with Crippen LogP contribution in [0, 0.1) is 5.92 Å². The molecular formula is C27H30N4O3. The third kappa shape index (κ3) is 4.34. The average molecular weight is 459 g/mol. The van der Waals surface area contributed by atoms with Gasteiger partial charge in [-0.1, -0.05) is 49.2 Å². The third-order valence-electron chi connectivity index (χ3n) is 7.06. The number of piperidine rings is 1. The van der Waals surface area contributed by atoms with Gasteiger partial charge in [-0.2, -0.15) is 9.78 Å². The Balaban J connectivity index is 1.38. The van der Waals surface area contributed by atoms with E-state index in [-0.39, 0.29) is 29.0 Å². The molecule has 176 valence electrons. The van der Waals surface area contributed by atoms with E-state index in [0.29, 0.717) is 42.4 Å². The molecule has 7 nitrogen and oxygen atoms in total. The average Bonchev–Trinajstić information content (AvgIpc) is 3.19. The van der Waals surface area contributed by atoms with Crippen molar-refractivity contribution in [2.75, 3.05) is 26.2 Å². The lowest BCUT2D eigenvalue weighted by atomic mass is 9.94. The van der Waals surface area contributed by atoms with Crippen molar-refractivity contribution >= 4 is 22.6 Å². The summed E-state index contributed by atoms with van der Waals surface area (Å²) in [6, 6.07) is 16.3. The molecular weight excluding hydrogens is 428 g/mol. The van der Waals surface area contributed by atoms with Crippen molar-refractivity contribution in [3.8, 4) is 5.69 Å². The van der Waals surface area contributed by atoms with E-state index in [0.717, 1.165) is 25.9 Å². The summed E-state index contributed by atoms with van der Waals surface area (Å²) in [6.45, 7) is 2.75. The fourth-order valence-corrected chi connectivity index (χ4v) is 5.12. The topological polar surface area (TPSA) is 75.5 Å². The van der Waals surface area contributed by atoms with Gasteiger partial charge in [0.25, 0.3) is 11.5 Å². The van der Waals surface area contributed by atoms with Crippen LogP contribution in [0.1, 0.15) is 49.0 Å². The second-order valence-electron chi connectivity index (χ2n) is 9.25. The second-order valence-corrected chi connectivity index (χ2v) is 9.25. The molecule has 0 bridgehead atoms. The Morgan fingerprint density at radius 3 is 2.03 bits per heavy atom. The van der Waals surface area contributed by atoms with E-state index in [1.165, 1.54) is 17.5 Å². The number of fused-ring (bicyclic) bond motifs is 1. The maximum absolute atomic E-state index is 13.6. The van der Waals surface area contributed by atoms with E-state index >= 15 is 0 Å². The normalized spacial score (nSPS) is 17.5. The molecule has 2 fully saturated rings. The summed E-state index contributed by atoms with van der Waals surface area (Å²) < 4.78 is 1.31. The Bertz CT molecular complexity index is 1240. The van der Waals surface area contributed by atoms with Crippen LogP contribution < -0.4 is 5.56 Å². The smallest absolute Gasteiger partial charge is 0.279 e. The monoisotopic (exact) mass is 458 g/mol. The van der Waals surface area contributed by atoms with Crippen LogP contribution >= 0.6 is 0 Å². The second kappa shape index (κ2) is 9.79. The first kappa shape index (κ1) is 22.3. The largest absolute Gasteiger partial charge is 0.342 e. The number of hydrogen-bond donors (Lipinski definition) is 0. The Morgan fingerprint density at radius 2 is 1.35 bits per heavy atom. The van der Waals surface area contributed by atoms with Crippen molar-refractivity contribution in [2.24, 2.45) is 5.92 Å². The molecule has 34 heavy (non-hydrogen) atoms. The zero-order chi connectivity index (χ0) is 23.5. The maximum Gasteiger partial charge on any atom is 0.279 e. The minimum absolute atomic E-state index is 0.0230. The summed E-state index contributed by atoms with van der Waals surface area (Å²) in [4.78, 5) is 43.5. The molecule has 0 atom stereocenters. The van der Waals surface area contributed by atoms with Crippen LogP contribution in [0.25, 0.3) is 16.5 Å². The van der Waals surface area contributed by atoms with E-state index in [1.54, 1.807) is 35.2 Å². The molecule has 0 spiro atoms. The van der Waals surface area contributed by atoms with Gasteiger partial charge < -0.3 is 9.80 Å². The fraction of sp³-hybridized carbons (Fsp3) is 0.407. The van der Waals surface area contributed by atoms with E-state index < -0.39 is 0 Å². The fourth-order valence-electron chi connectivity index (χ4n) is 5.12. The highest BCUT2D eigenvalue weighted by atomic mass is 16.2. The van der Waals surface area contributed by atoms with Gasteiger partial charge in [-0.25, -0.2) is 0 Å². The Morgan fingerprint density at radius 1 is 0.735 bits per heavy atom. The number of amides is 2. The van der Waals surface area contributed by atoms with Crippen molar-refractivity contribution in [3.05, 3.63) is 70.6 Å². The molecule has 2 saturated heterocycles. The number of likely N-dealkylation sites (tertiary alicyclic amines) is 2. The molecule has 7 heteroatoms. The molecule has 0 N–H and O–H groups in total. The zero-order valence-electron chi connectivity index (χ0n) is 19.4. The van der Waals surface area contributed by atoms with E-state index in [1.807, 2.05) is 29.2 Å². The highest BCUT2D eigenvalue weighted by molar-refractivity contribution is 6.05. The van der Waals surface area contributed by atoms with Crippen molar-refractivity contribution < 1.29 is 9.59 Å². The Hall–Kier alpha value is -3.48. The van der Waals surface area contributed by atoms with Gasteiger partial charge in [-0.3, -0.25) is 14.4 Å². The molecule has 2 aliphatic heterocycles. The molecule has 5 rings (SSSR count). The lowest BCUT2D eigenvalue weighted by Gasteiger charge is -2.34. The summed E-state index contributed by atoms with van der Waals surface area (Å²) in [5, 5.41) is 5.55. The van der Waals surface area contributed by atoms with E-state index in [2.05, 4.69) is 5.10 Å². The van der Waals surface area contributed by atoms with Crippen molar-refractivity contribution in [3.63, 3.8) is 0 Å². The predicted octanol–water partition coefficient (Wildman–Crippen LogP) is 3.64. The quantitative estimate of drug-likeness (QED) is 0.601. The molecule has 0 unspecified atom stereocenters. The van der Waals surface area contributed by atoms with E-state index in [9.17, 15) is 14.4 Å². The third-order valence-corrected chi connectivity index (χ3v) is 7.06. The Kier molecular flexibility index (Phi) is 6.43. The number of carbonyl (C=O) groups excluding carboxylic acids is 2. The highest BCUT2D eigenvalue weighted by Gasteiger charge is 2.32. The summed E-state index contributed by atoms with van der Waals surface area (Å²) in [6.07, 6.45) is 5.89. The number of nitrogens with zero attached hydrogens (tertiary/aromatic N) is 4. The van der Waals surface area contributed by atoms with Crippen LogP contribution in [0.4, 0.5) is 0 Å². The lowest BCUT2D eigenvalue weighted by molar-refractivity contribution is -0.136. The van der Waals surface area contributed by atoms with Gasteiger partial charge >= 0.3 is 0 Å². The lowest BCUT2D eigenvalue weighted by Crippen LogP contribution is -2.45. The molecule has 0 saturated carbocycles. The molecule has 0 aliphatic carbocycles. The number of carbonyl (C=O) groups is 2. The van der Waals surface area contributed by atoms with Gasteiger partial charge in [0, 0.05) is 37.5 Å². The van der Waals surface area contributed by atoms with Crippen molar-refractivity contribution in [2.45, 2.75) is 38.5 Å². The van der Waals surface area contributed by atoms with Crippen LogP contribution in [0.5, 0.6) is 0 Å². The minimum Gasteiger partial charge on any atom is -0.342 e. The van der Waals surface area contributed by atoms with Crippen molar-refractivity contribution in [1.29, 1.82) is 0 Å². The van der Waals surface area contributed by atoms with E-state index in [4.69, 9.17) is 0 Å². The van der Waals surface area contributed by atoms with Crippen LogP contribution in [0.2, 0.25) is 0 Å². The molecule has 2 amide bonds. The summed E-state index contributed by atoms with van der Waals surface area (Å²) >= 11 is 0. The molecule has 1 aromatic heterocycles. The molecule has 3 aromatic rings. The molecule has 0 radical (unpaired) electrons. The highest BCUT2D eigenvalue weighted by Crippen LogP contribution is 2.24. The zero-order valence-corrected chi connectivity index (χ0v) is 19.4. The van der Waals surface area contributed by atoms with Crippen LogP contribution in [0.3, 0.4) is 0 Å². The molecule has 2 aromatic carbocycles. The van der Waals surface area contributed by atoms with Gasteiger partial charge in [0.05, 0.1) is 11.1 Å². The Labute approximate surface area is 199 Å². The first-order valence-electron chi connectivity index (χ1n) is 12.3. The maximum atomic E-state index is 13.6. The SMILES string of the molecule is O=C(c1nn(-c2ccccc2)c(=O)c2ccccc12)N1CCC(C(=O)N2CCCCCC2)CC1. The van der Waals surface area contributed by atoms with Crippen molar-refractivity contribution in [1.82, 2.24) is 19.6 Å². The van der Waals surface area contributed by atoms with Gasteiger partial charge in [-0.15, -0.1) is 0 Å². The van der Waals surface area contributed by atoms with Gasteiger partial charge in [0.15, 0.2) is 5.69 Å². The van der Waals surface area contributed by atoms with Crippen LogP contribution in [0.15, 0.2) is 59.4 Å². The first-order chi connectivity index (χ1) is 16.6. The minimum atomic E-state index is -0.250. The summed E-state index contributed by atoms with van der Waals surface area (Å²) in [5.41, 5.74) is 0.644. The number of benzene rings is 2. The molecule has 2 aliphatic rings. The van der Waals surface area contributed by atoms with Crippen LogP contribution in [-0.2, 0) is 4.79 Å². The number of hydrogen-bond acceptors (Lipinski definition) is 4. The molecule has 3 heterocycles. The van der Waals surface area contributed by atoms with Gasteiger partial charge in [-0.05, 0) is 43.9 Å². The summed E-state index contributed by atoms with van der Waals surface area (Å²) in [5.74, 6) is 0.0295. The first-order valence-corrected chi connectivity index (χ1v) is 12.3. The number of rotatable bonds is 3.